The Bertz CT molecular complexity index is 634. The molecule has 5 heteroatoms. The monoisotopic (exact) mass is 330 g/mol. The average molecular weight is 330 g/mol. The summed E-state index contributed by atoms with van der Waals surface area (Å²) in [4.78, 5) is 14.6. The van der Waals surface area contributed by atoms with Crippen molar-refractivity contribution in [1.29, 1.82) is 0 Å². The molecule has 2 aliphatic rings. The number of para-hydroxylation sites is 1. The van der Waals surface area contributed by atoms with Crippen LogP contribution in [0.4, 0.5) is 5.69 Å². The van der Waals surface area contributed by atoms with Crippen molar-refractivity contribution in [2.75, 3.05) is 25.5 Å². The maximum atomic E-state index is 12.2. The third-order valence-electron chi connectivity index (χ3n) is 6.42. The van der Waals surface area contributed by atoms with Crippen molar-refractivity contribution in [3.05, 3.63) is 29.3 Å². The second kappa shape index (κ2) is 6.05. The Labute approximate surface area is 145 Å². The lowest BCUT2D eigenvalue weighted by molar-refractivity contribution is -0.171. The van der Waals surface area contributed by atoms with E-state index in [1.165, 1.54) is 12.8 Å². The number of carbonyl (C=O) groups excluding carboxylic acids is 1. The van der Waals surface area contributed by atoms with Crippen molar-refractivity contribution in [3.8, 4) is 0 Å². The van der Waals surface area contributed by atoms with Gasteiger partial charge in [0.05, 0.1) is 17.4 Å². The molecule has 3 rings (SSSR count). The van der Waals surface area contributed by atoms with Gasteiger partial charge in [-0.05, 0) is 36.8 Å². The van der Waals surface area contributed by atoms with Gasteiger partial charge < -0.3 is 16.4 Å². The van der Waals surface area contributed by atoms with E-state index >= 15 is 0 Å². The Hall–Kier alpha value is -1.59. The van der Waals surface area contributed by atoms with Gasteiger partial charge in [-0.2, -0.15) is 0 Å². The molecule has 1 amide bonds. The van der Waals surface area contributed by atoms with E-state index in [0.29, 0.717) is 22.9 Å². The molecule has 0 bridgehead atoms. The van der Waals surface area contributed by atoms with Gasteiger partial charge in [-0.1, -0.05) is 26.0 Å². The fourth-order valence-corrected chi connectivity index (χ4v) is 4.13. The molecule has 1 aliphatic carbocycles. The molecule has 0 radical (unpaired) electrons. The van der Waals surface area contributed by atoms with Crippen molar-refractivity contribution in [1.82, 2.24) is 10.2 Å². The number of hydrogen-bond acceptors (Lipinski definition) is 4. The highest BCUT2D eigenvalue weighted by Crippen LogP contribution is 2.61. The minimum Gasteiger partial charge on any atom is -0.369 e. The van der Waals surface area contributed by atoms with Crippen molar-refractivity contribution < 1.29 is 4.79 Å². The van der Waals surface area contributed by atoms with Crippen molar-refractivity contribution in [3.63, 3.8) is 0 Å². The second-order valence-electron chi connectivity index (χ2n) is 8.01. The van der Waals surface area contributed by atoms with Gasteiger partial charge in [0.2, 0.25) is 0 Å². The zero-order valence-corrected chi connectivity index (χ0v) is 15.3. The minimum atomic E-state index is -0.0831. The Morgan fingerprint density at radius 1 is 1.33 bits per heavy atom. The maximum Gasteiger partial charge on any atom is 0.253 e. The molecule has 1 atom stereocenters. The van der Waals surface area contributed by atoms with E-state index in [1.807, 2.05) is 18.2 Å². The molecule has 1 saturated heterocycles. The quantitative estimate of drug-likeness (QED) is 0.775. The summed E-state index contributed by atoms with van der Waals surface area (Å²) >= 11 is 0. The first-order valence-electron chi connectivity index (χ1n) is 8.88. The molecule has 1 aromatic rings. The van der Waals surface area contributed by atoms with Gasteiger partial charge in [-0.3, -0.25) is 9.69 Å². The Kier molecular flexibility index (Phi) is 4.34. The zero-order valence-electron chi connectivity index (χ0n) is 15.3. The van der Waals surface area contributed by atoms with Crippen molar-refractivity contribution in [2.45, 2.75) is 46.3 Å². The van der Waals surface area contributed by atoms with Gasteiger partial charge in [0.1, 0.15) is 0 Å². The van der Waals surface area contributed by atoms with E-state index in [9.17, 15) is 4.79 Å². The van der Waals surface area contributed by atoms with E-state index < -0.39 is 0 Å². The molecule has 132 valence electrons. The van der Waals surface area contributed by atoms with Crippen LogP contribution in [0.1, 0.15) is 49.5 Å². The maximum absolute atomic E-state index is 12.2. The van der Waals surface area contributed by atoms with E-state index in [-0.39, 0.29) is 12.1 Å². The summed E-state index contributed by atoms with van der Waals surface area (Å²) in [6, 6.07) is 5.71. The fraction of sp³-hybridized carbons (Fsp3) is 0.632. The highest BCUT2D eigenvalue weighted by molar-refractivity contribution is 6.00. The normalized spacial score (nSPS) is 22.4. The molecule has 1 spiro atoms. The SMILES string of the molecule is CNC(=O)c1cccc(CN)c1NC(C)N1CC2(CCC2(C)C)C1. The van der Waals surface area contributed by atoms with Crippen LogP contribution < -0.4 is 16.4 Å². The zero-order chi connectivity index (χ0) is 17.5. The fourth-order valence-electron chi connectivity index (χ4n) is 4.13. The van der Waals surface area contributed by atoms with Gasteiger partial charge in [-0.15, -0.1) is 0 Å². The number of nitrogens with one attached hydrogen (secondary N) is 2. The van der Waals surface area contributed by atoms with Crippen molar-refractivity contribution >= 4 is 11.6 Å². The standard InChI is InChI=1S/C19H30N4O/c1-13(23-11-19(12-23)9-8-18(19,2)3)22-16-14(10-20)6-5-7-15(16)17(24)21-4/h5-7,13,22H,8-12,20H2,1-4H3,(H,21,24). The molecule has 1 saturated carbocycles. The lowest BCUT2D eigenvalue weighted by Gasteiger charge is -2.67. The number of carbonyl (C=O) groups is 1. The predicted molar refractivity (Wildman–Crippen MR) is 97.8 cm³/mol. The minimum absolute atomic E-state index is 0.0831. The lowest BCUT2D eigenvalue weighted by atomic mass is 9.47. The summed E-state index contributed by atoms with van der Waals surface area (Å²) in [5.41, 5.74) is 9.34. The van der Waals surface area contributed by atoms with Gasteiger partial charge >= 0.3 is 0 Å². The van der Waals surface area contributed by atoms with Crippen LogP contribution in [-0.4, -0.2) is 37.1 Å². The van der Waals surface area contributed by atoms with E-state index in [4.69, 9.17) is 5.73 Å². The van der Waals surface area contributed by atoms with Crippen LogP contribution >= 0.6 is 0 Å². The first kappa shape index (κ1) is 17.2. The van der Waals surface area contributed by atoms with E-state index in [1.54, 1.807) is 7.05 Å². The van der Waals surface area contributed by atoms with Crippen LogP contribution in [0.15, 0.2) is 18.2 Å². The number of anilines is 1. The Balaban J connectivity index is 1.73. The summed E-state index contributed by atoms with van der Waals surface area (Å²) < 4.78 is 0. The van der Waals surface area contributed by atoms with E-state index in [0.717, 1.165) is 24.3 Å². The third-order valence-corrected chi connectivity index (χ3v) is 6.42. The molecular formula is C19H30N4O. The molecule has 1 aliphatic heterocycles. The number of rotatable bonds is 5. The highest BCUT2D eigenvalue weighted by atomic mass is 16.1. The summed E-state index contributed by atoms with van der Waals surface area (Å²) in [7, 11) is 1.66. The number of amides is 1. The van der Waals surface area contributed by atoms with Gasteiger partial charge in [0, 0.05) is 32.1 Å². The number of hydrogen-bond donors (Lipinski definition) is 3. The molecule has 1 heterocycles. The summed E-state index contributed by atoms with van der Waals surface area (Å²) in [5.74, 6) is -0.0831. The van der Waals surface area contributed by atoms with Crippen LogP contribution in [0.5, 0.6) is 0 Å². The molecule has 2 fully saturated rings. The highest BCUT2D eigenvalue weighted by Gasteiger charge is 2.59. The molecule has 5 nitrogen and oxygen atoms in total. The number of nitrogens with two attached hydrogens (primary N) is 1. The molecule has 1 aromatic carbocycles. The smallest absolute Gasteiger partial charge is 0.253 e. The summed E-state index contributed by atoms with van der Waals surface area (Å²) in [5, 5.41) is 6.26. The summed E-state index contributed by atoms with van der Waals surface area (Å²) in [6.45, 7) is 9.62. The van der Waals surface area contributed by atoms with Gasteiger partial charge in [-0.25, -0.2) is 0 Å². The molecule has 24 heavy (non-hydrogen) atoms. The van der Waals surface area contributed by atoms with Crippen LogP contribution in [-0.2, 0) is 6.54 Å². The van der Waals surface area contributed by atoms with Gasteiger partial charge in [0.15, 0.2) is 0 Å². The number of benzene rings is 1. The predicted octanol–water partition coefficient (Wildman–Crippen LogP) is 2.38. The Morgan fingerprint density at radius 2 is 2.04 bits per heavy atom. The van der Waals surface area contributed by atoms with Crippen LogP contribution in [0.25, 0.3) is 0 Å². The molecular weight excluding hydrogens is 300 g/mol. The van der Waals surface area contributed by atoms with Crippen LogP contribution in [0.2, 0.25) is 0 Å². The van der Waals surface area contributed by atoms with E-state index in [2.05, 4.69) is 36.3 Å². The Morgan fingerprint density at radius 3 is 2.54 bits per heavy atom. The topological polar surface area (TPSA) is 70.4 Å². The second-order valence-corrected chi connectivity index (χ2v) is 8.01. The first-order valence-corrected chi connectivity index (χ1v) is 8.88. The molecule has 1 unspecified atom stereocenters. The first-order chi connectivity index (χ1) is 11.3. The number of nitrogens with zero attached hydrogens (tertiary/aromatic N) is 1. The van der Waals surface area contributed by atoms with Crippen molar-refractivity contribution in [2.24, 2.45) is 16.6 Å². The molecule has 4 N–H and O–H groups in total. The van der Waals surface area contributed by atoms with Crippen LogP contribution in [0.3, 0.4) is 0 Å². The summed E-state index contributed by atoms with van der Waals surface area (Å²) in [6.07, 6.45) is 2.86. The average Bonchev–Trinajstić information content (AvgIpc) is 2.52. The van der Waals surface area contributed by atoms with Gasteiger partial charge in [0.25, 0.3) is 5.91 Å². The molecule has 0 aromatic heterocycles. The number of likely N-dealkylation sites (tertiary alicyclic amines) is 1. The lowest BCUT2D eigenvalue weighted by Crippen LogP contribution is -2.70. The van der Waals surface area contributed by atoms with Crippen LogP contribution in [0, 0.1) is 10.8 Å². The largest absolute Gasteiger partial charge is 0.369 e. The third kappa shape index (κ3) is 2.60.